The maximum Gasteiger partial charge on any atom is 0.263 e. The van der Waals surface area contributed by atoms with Crippen LogP contribution in [0.4, 0.5) is 5.82 Å². The molecule has 0 bridgehead atoms. The van der Waals surface area contributed by atoms with Crippen molar-refractivity contribution in [1.29, 1.82) is 0 Å². The van der Waals surface area contributed by atoms with Crippen molar-refractivity contribution in [2.24, 2.45) is 7.05 Å². The molecule has 3 rings (SSSR count). The molecule has 0 aliphatic rings. The molecule has 3 aromatic rings. The number of hydrogen-bond acceptors (Lipinski definition) is 5. The van der Waals surface area contributed by atoms with Crippen molar-refractivity contribution in [1.82, 2.24) is 19.9 Å². The molecule has 0 aliphatic heterocycles. The molecule has 1 aromatic carbocycles. The maximum absolute atomic E-state index is 5.89. The van der Waals surface area contributed by atoms with Crippen LogP contribution in [0, 0.1) is 6.92 Å². The lowest BCUT2D eigenvalue weighted by Gasteiger charge is -1.98. The standard InChI is InChI=1S/C13H13N5O/c1-8-5-3-4-6-9(8)12-16-13(19-17-12)10-7-15-18(2)11(10)14/h3-7H,14H2,1-2H3. The van der Waals surface area contributed by atoms with Crippen LogP contribution in [0.1, 0.15) is 5.56 Å². The van der Waals surface area contributed by atoms with E-state index in [0.717, 1.165) is 11.1 Å². The smallest absolute Gasteiger partial charge is 0.263 e. The molecule has 96 valence electrons. The van der Waals surface area contributed by atoms with Gasteiger partial charge in [-0.15, -0.1) is 0 Å². The molecule has 6 heteroatoms. The number of benzene rings is 1. The topological polar surface area (TPSA) is 82.8 Å². The minimum atomic E-state index is 0.379. The normalized spacial score (nSPS) is 10.8. The van der Waals surface area contributed by atoms with Crippen LogP contribution in [0.5, 0.6) is 0 Å². The van der Waals surface area contributed by atoms with Gasteiger partial charge in [-0.3, -0.25) is 4.68 Å². The Morgan fingerprint density at radius 2 is 2.00 bits per heavy atom. The number of aromatic nitrogens is 4. The number of nitrogen functional groups attached to an aromatic ring is 1. The summed E-state index contributed by atoms with van der Waals surface area (Å²) in [4.78, 5) is 4.37. The van der Waals surface area contributed by atoms with Gasteiger partial charge in [0, 0.05) is 12.6 Å². The minimum Gasteiger partial charge on any atom is -0.383 e. The van der Waals surface area contributed by atoms with Crippen molar-refractivity contribution in [2.45, 2.75) is 6.92 Å². The zero-order chi connectivity index (χ0) is 13.4. The predicted octanol–water partition coefficient (Wildman–Crippen LogP) is 2.03. The van der Waals surface area contributed by atoms with E-state index in [1.165, 1.54) is 0 Å². The van der Waals surface area contributed by atoms with E-state index < -0.39 is 0 Å². The Morgan fingerprint density at radius 1 is 1.21 bits per heavy atom. The molecule has 0 saturated heterocycles. The van der Waals surface area contributed by atoms with Gasteiger partial charge in [-0.25, -0.2) is 0 Å². The minimum absolute atomic E-state index is 0.379. The summed E-state index contributed by atoms with van der Waals surface area (Å²) in [5.74, 6) is 1.43. The van der Waals surface area contributed by atoms with Crippen LogP contribution < -0.4 is 5.73 Å². The van der Waals surface area contributed by atoms with E-state index in [4.69, 9.17) is 10.3 Å². The summed E-state index contributed by atoms with van der Waals surface area (Å²) in [7, 11) is 1.76. The zero-order valence-corrected chi connectivity index (χ0v) is 10.7. The van der Waals surface area contributed by atoms with Gasteiger partial charge < -0.3 is 10.3 Å². The first-order valence-corrected chi connectivity index (χ1v) is 5.84. The van der Waals surface area contributed by atoms with Crippen LogP contribution >= 0.6 is 0 Å². The number of aryl methyl sites for hydroxylation is 2. The molecule has 0 unspecified atom stereocenters. The lowest BCUT2D eigenvalue weighted by Crippen LogP contribution is -1.98. The van der Waals surface area contributed by atoms with Crippen LogP contribution in [0.25, 0.3) is 22.8 Å². The Hall–Kier alpha value is -2.63. The molecule has 0 radical (unpaired) electrons. The van der Waals surface area contributed by atoms with Gasteiger partial charge in [0.1, 0.15) is 11.4 Å². The van der Waals surface area contributed by atoms with Gasteiger partial charge in [0.15, 0.2) is 0 Å². The van der Waals surface area contributed by atoms with E-state index in [1.807, 2.05) is 31.2 Å². The number of nitrogens with two attached hydrogens (primary N) is 1. The largest absolute Gasteiger partial charge is 0.383 e. The van der Waals surface area contributed by atoms with Gasteiger partial charge in [-0.2, -0.15) is 10.1 Å². The summed E-state index contributed by atoms with van der Waals surface area (Å²) in [5.41, 5.74) is 8.57. The Labute approximate surface area is 109 Å². The second-order valence-electron chi connectivity index (χ2n) is 4.31. The quantitative estimate of drug-likeness (QED) is 0.757. The van der Waals surface area contributed by atoms with Crippen molar-refractivity contribution in [3.8, 4) is 22.8 Å². The Morgan fingerprint density at radius 3 is 2.68 bits per heavy atom. The van der Waals surface area contributed by atoms with Crippen LogP contribution in [0.15, 0.2) is 35.0 Å². The van der Waals surface area contributed by atoms with Crippen LogP contribution in [0.3, 0.4) is 0 Å². The van der Waals surface area contributed by atoms with Crippen molar-refractivity contribution < 1.29 is 4.52 Å². The molecule has 19 heavy (non-hydrogen) atoms. The number of rotatable bonds is 2. The molecule has 2 heterocycles. The third-order valence-corrected chi connectivity index (χ3v) is 3.03. The van der Waals surface area contributed by atoms with E-state index in [2.05, 4.69) is 15.2 Å². The highest BCUT2D eigenvalue weighted by atomic mass is 16.5. The summed E-state index contributed by atoms with van der Waals surface area (Å²) in [6.45, 7) is 2.00. The monoisotopic (exact) mass is 255 g/mol. The van der Waals surface area contributed by atoms with Gasteiger partial charge in [0.05, 0.1) is 6.20 Å². The molecule has 6 nitrogen and oxygen atoms in total. The van der Waals surface area contributed by atoms with Gasteiger partial charge in [-0.1, -0.05) is 29.4 Å². The van der Waals surface area contributed by atoms with Crippen LogP contribution in [-0.4, -0.2) is 19.9 Å². The molecular formula is C13H13N5O. The average Bonchev–Trinajstić information content (AvgIpc) is 2.99. The molecule has 2 aromatic heterocycles. The highest BCUT2D eigenvalue weighted by Crippen LogP contribution is 2.27. The average molecular weight is 255 g/mol. The van der Waals surface area contributed by atoms with Crippen molar-refractivity contribution >= 4 is 5.82 Å². The fourth-order valence-corrected chi connectivity index (χ4v) is 1.88. The lowest BCUT2D eigenvalue weighted by atomic mass is 10.1. The van der Waals surface area contributed by atoms with E-state index >= 15 is 0 Å². The highest BCUT2D eigenvalue weighted by Gasteiger charge is 2.16. The molecule has 0 fully saturated rings. The Balaban J connectivity index is 2.05. The molecule has 2 N–H and O–H groups in total. The molecule has 0 amide bonds. The predicted molar refractivity (Wildman–Crippen MR) is 71.1 cm³/mol. The zero-order valence-electron chi connectivity index (χ0n) is 10.7. The highest BCUT2D eigenvalue weighted by molar-refractivity contribution is 5.68. The van der Waals surface area contributed by atoms with E-state index in [-0.39, 0.29) is 0 Å². The SMILES string of the molecule is Cc1ccccc1-c1noc(-c2cnn(C)c2N)n1. The van der Waals surface area contributed by atoms with Gasteiger partial charge in [0.25, 0.3) is 5.89 Å². The number of nitrogens with zero attached hydrogens (tertiary/aromatic N) is 4. The van der Waals surface area contributed by atoms with Gasteiger partial charge in [0.2, 0.25) is 5.82 Å². The first kappa shape index (κ1) is 11.5. The fourth-order valence-electron chi connectivity index (χ4n) is 1.88. The fraction of sp³-hybridized carbons (Fsp3) is 0.154. The molecule has 0 spiro atoms. The number of anilines is 1. The summed E-state index contributed by atoms with van der Waals surface area (Å²) in [5, 5.41) is 8.05. The summed E-state index contributed by atoms with van der Waals surface area (Å²) >= 11 is 0. The van der Waals surface area contributed by atoms with E-state index in [0.29, 0.717) is 23.1 Å². The summed E-state index contributed by atoms with van der Waals surface area (Å²) in [6, 6.07) is 7.87. The van der Waals surface area contributed by atoms with Gasteiger partial charge in [-0.05, 0) is 12.5 Å². The Kier molecular flexibility index (Phi) is 2.56. The molecule has 0 atom stereocenters. The third-order valence-electron chi connectivity index (χ3n) is 3.03. The first-order chi connectivity index (χ1) is 9.16. The second kappa shape index (κ2) is 4.24. The summed E-state index contributed by atoms with van der Waals surface area (Å²) in [6.07, 6.45) is 1.62. The maximum atomic E-state index is 5.89. The van der Waals surface area contributed by atoms with Crippen LogP contribution in [0.2, 0.25) is 0 Å². The van der Waals surface area contributed by atoms with Crippen molar-refractivity contribution in [3.63, 3.8) is 0 Å². The Bertz CT molecular complexity index is 728. The van der Waals surface area contributed by atoms with Gasteiger partial charge >= 0.3 is 0 Å². The number of hydrogen-bond donors (Lipinski definition) is 1. The van der Waals surface area contributed by atoms with E-state index in [9.17, 15) is 0 Å². The third kappa shape index (κ3) is 1.87. The van der Waals surface area contributed by atoms with E-state index in [1.54, 1.807) is 17.9 Å². The van der Waals surface area contributed by atoms with Crippen LogP contribution in [-0.2, 0) is 7.05 Å². The molecular weight excluding hydrogens is 242 g/mol. The first-order valence-electron chi connectivity index (χ1n) is 5.84. The van der Waals surface area contributed by atoms with Crippen molar-refractivity contribution in [3.05, 3.63) is 36.0 Å². The van der Waals surface area contributed by atoms with Crippen molar-refractivity contribution in [2.75, 3.05) is 5.73 Å². The lowest BCUT2D eigenvalue weighted by molar-refractivity contribution is 0.432. The molecule has 0 saturated carbocycles. The summed E-state index contributed by atoms with van der Waals surface area (Å²) < 4.78 is 6.82. The second-order valence-corrected chi connectivity index (χ2v) is 4.31. The molecule has 0 aliphatic carbocycles.